The number of halogens is 2. The summed E-state index contributed by atoms with van der Waals surface area (Å²) >= 11 is 6.58. The van der Waals surface area contributed by atoms with E-state index in [-0.39, 0.29) is 18.5 Å². The molecule has 6 rings (SSSR count). The van der Waals surface area contributed by atoms with Crippen molar-refractivity contribution in [3.63, 3.8) is 0 Å². The lowest BCUT2D eigenvalue weighted by Crippen LogP contribution is -2.35. The van der Waals surface area contributed by atoms with Crippen molar-refractivity contribution in [1.29, 1.82) is 0 Å². The van der Waals surface area contributed by atoms with E-state index in [9.17, 15) is 4.39 Å². The molecule has 4 aromatic rings. The Bertz CT molecular complexity index is 1540. The molecule has 2 N–H and O–H groups in total. The van der Waals surface area contributed by atoms with E-state index in [0.29, 0.717) is 34.9 Å². The summed E-state index contributed by atoms with van der Waals surface area (Å²) in [5.74, 6) is 2.80. The zero-order valence-corrected chi connectivity index (χ0v) is 25.1. The van der Waals surface area contributed by atoms with Gasteiger partial charge in [-0.1, -0.05) is 23.7 Å². The molecule has 3 aromatic carbocycles. The molecule has 0 aliphatic carbocycles. The molecule has 43 heavy (non-hydrogen) atoms. The molecule has 8 nitrogen and oxygen atoms in total. The summed E-state index contributed by atoms with van der Waals surface area (Å²) in [6.45, 7) is 4.92. The topological polar surface area (TPSA) is 80.8 Å². The Hall–Kier alpha value is -3.66. The second-order valence-electron chi connectivity index (χ2n) is 11.4. The smallest absolute Gasteiger partial charge is 0.145 e. The van der Waals surface area contributed by atoms with E-state index >= 15 is 0 Å². The summed E-state index contributed by atoms with van der Waals surface area (Å²) in [5.41, 5.74) is 2.20. The fourth-order valence-electron chi connectivity index (χ4n) is 5.57. The Labute approximate surface area is 256 Å². The van der Waals surface area contributed by atoms with Crippen molar-refractivity contribution in [2.75, 3.05) is 45.2 Å². The van der Waals surface area contributed by atoms with Gasteiger partial charge in [0.2, 0.25) is 0 Å². The lowest BCUT2D eigenvalue weighted by Gasteiger charge is -2.30. The number of likely N-dealkylation sites (tertiary alicyclic amines) is 1. The second kappa shape index (κ2) is 13.8. The molecule has 2 aliphatic heterocycles. The molecular formula is C33H37ClFN5O3. The summed E-state index contributed by atoms with van der Waals surface area (Å²) in [6, 6.07) is 15.7. The maximum Gasteiger partial charge on any atom is 0.145 e. The maximum atomic E-state index is 13.5. The third-order valence-corrected chi connectivity index (χ3v) is 8.35. The van der Waals surface area contributed by atoms with Crippen LogP contribution in [0.2, 0.25) is 5.02 Å². The first-order valence-corrected chi connectivity index (χ1v) is 15.3. The number of anilines is 2. The number of hydrogen-bond acceptors (Lipinski definition) is 8. The van der Waals surface area contributed by atoms with Crippen LogP contribution in [0.25, 0.3) is 10.9 Å². The lowest BCUT2D eigenvalue weighted by atomic mass is 9.99. The molecular weight excluding hydrogens is 569 g/mol. The van der Waals surface area contributed by atoms with Gasteiger partial charge in [-0.15, -0.1) is 0 Å². The zero-order chi connectivity index (χ0) is 29.6. The highest BCUT2D eigenvalue weighted by molar-refractivity contribution is 6.32. The van der Waals surface area contributed by atoms with Gasteiger partial charge in [0.05, 0.1) is 22.5 Å². The maximum absolute atomic E-state index is 13.5. The predicted molar refractivity (Wildman–Crippen MR) is 167 cm³/mol. The van der Waals surface area contributed by atoms with E-state index < -0.39 is 0 Å². The van der Waals surface area contributed by atoms with Crippen LogP contribution >= 0.6 is 11.6 Å². The van der Waals surface area contributed by atoms with E-state index in [1.165, 1.54) is 12.1 Å². The summed E-state index contributed by atoms with van der Waals surface area (Å²) in [7, 11) is 2.14. The van der Waals surface area contributed by atoms with E-state index in [1.54, 1.807) is 24.5 Å². The number of ether oxygens (including phenoxy) is 3. The van der Waals surface area contributed by atoms with Gasteiger partial charge in [-0.3, -0.25) is 0 Å². The van der Waals surface area contributed by atoms with Gasteiger partial charge in [-0.2, -0.15) is 0 Å². The van der Waals surface area contributed by atoms with Gasteiger partial charge in [-0.25, -0.2) is 14.4 Å². The van der Waals surface area contributed by atoms with Crippen molar-refractivity contribution in [3.05, 3.63) is 77.3 Å². The van der Waals surface area contributed by atoms with Gasteiger partial charge in [-0.05, 0) is 87.6 Å². The van der Waals surface area contributed by atoms with Gasteiger partial charge in [0.1, 0.15) is 47.9 Å². The minimum absolute atomic E-state index is 0.0936. The first-order valence-electron chi connectivity index (χ1n) is 14.9. The van der Waals surface area contributed by atoms with Gasteiger partial charge in [0.15, 0.2) is 0 Å². The van der Waals surface area contributed by atoms with Crippen LogP contribution in [-0.2, 0) is 6.61 Å². The predicted octanol–water partition coefficient (Wildman–Crippen LogP) is 6.60. The molecule has 1 aromatic heterocycles. The number of piperidine rings is 2. The summed E-state index contributed by atoms with van der Waals surface area (Å²) in [6.07, 6.45) is 5.75. The van der Waals surface area contributed by atoms with Gasteiger partial charge in [0, 0.05) is 30.9 Å². The number of fused-ring (bicyclic) bond motifs is 1. The van der Waals surface area contributed by atoms with Crippen LogP contribution in [0.5, 0.6) is 17.2 Å². The van der Waals surface area contributed by atoms with Crippen molar-refractivity contribution in [1.82, 2.24) is 20.2 Å². The molecule has 226 valence electrons. The highest BCUT2D eigenvalue weighted by Gasteiger charge is 2.22. The average molecular weight is 606 g/mol. The molecule has 0 saturated carbocycles. The number of aromatic nitrogens is 2. The molecule has 2 aliphatic rings. The monoisotopic (exact) mass is 605 g/mol. The van der Waals surface area contributed by atoms with Crippen LogP contribution in [0.3, 0.4) is 0 Å². The van der Waals surface area contributed by atoms with Crippen LogP contribution in [-0.4, -0.2) is 60.8 Å². The molecule has 10 heteroatoms. The van der Waals surface area contributed by atoms with Crippen molar-refractivity contribution in [3.8, 4) is 17.2 Å². The van der Waals surface area contributed by atoms with Crippen molar-refractivity contribution in [2.45, 2.75) is 38.4 Å². The zero-order valence-electron chi connectivity index (χ0n) is 24.3. The van der Waals surface area contributed by atoms with E-state index in [1.807, 2.05) is 24.3 Å². The quantitative estimate of drug-likeness (QED) is 0.209. The van der Waals surface area contributed by atoms with Crippen LogP contribution in [0.1, 0.15) is 31.2 Å². The standard InChI is InChI=1S/C33H37ClFN5O3/c1-40-13-9-26(10-14-40)43-31-18-27(41-19-22-7-11-36-12-8-22)17-29-32(31)33(38-21-37-29)39-25-5-6-30(28(34)16-25)42-20-23-3-2-4-24(35)15-23/h2-6,15-18,21-22,26,36H,7-14,19-20H2,1H3,(H,37,38,39). The number of nitrogens with zero attached hydrogens (tertiary/aromatic N) is 3. The number of nitrogens with one attached hydrogen (secondary N) is 2. The van der Waals surface area contributed by atoms with Crippen LogP contribution in [0, 0.1) is 11.7 Å². The van der Waals surface area contributed by atoms with Crippen molar-refractivity contribution >= 4 is 34.0 Å². The third-order valence-electron chi connectivity index (χ3n) is 8.06. The minimum Gasteiger partial charge on any atom is -0.493 e. The summed E-state index contributed by atoms with van der Waals surface area (Å²) in [5, 5.41) is 8.04. The van der Waals surface area contributed by atoms with Crippen molar-refractivity contribution in [2.24, 2.45) is 5.92 Å². The fourth-order valence-corrected chi connectivity index (χ4v) is 5.80. The number of rotatable bonds is 10. The fraction of sp³-hybridized carbons (Fsp3) is 0.394. The molecule has 0 spiro atoms. The van der Waals surface area contributed by atoms with Crippen LogP contribution in [0.4, 0.5) is 15.9 Å². The largest absolute Gasteiger partial charge is 0.493 e. The Morgan fingerprint density at radius 2 is 1.81 bits per heavy atom. The first-order chi connectivity index (χ1) is 21.0. The Morgan fingerprint density at radius 1 is 0.977 bits per heavy atom. The lowest BCUT2D eigenvalue weighted by molar-refractivity contribution is 0.115. The van der Waals surface area contributed by atoms with Gasteiger partial charge in [0.25, 0.3) is 0 Å². The molecule has 0 bridgehead atoms. The Kier molecular flexibility index (Phi) is 9.41. The Morgan fingerprint density at radius 3 is 2.60 bits per heavy atom. The average Bonchev–Trinajstić information content (AvgIpc) is 3.01. The van der Waals surface area contributed by atoms with Gasteiger partial charge >= 0.3 is 0 Å². The van der Waals surface area contributed by atoms with Gasteiger partial charge < -0.3 is 29.7 Å². The van der Waals surface area contributed by atoms with E-state index in [2.05, 4.69) is 32.5 Å². The minimum atomic E-state index is -0.302. The molecule has 0 atom stereocenters. The van der Waals surface area contributed by atoms with E-state index in [4.69, 9.17) is 25.8 Å². The Balaban J connectivity index is 1.24. The molecule has 2 fully saturated rings. The SMILES string of the molecule is CN1CCC(Oc2cc(OCC3CCNCC3)cc3ncnc(Nc4ccc(OCc5cccc(F)c5)c(Cl)c4)c23)CC1. The van der Waals surface area contributed by atoms with E-state index in [0.717, 1.165) is 79.8 Å². The highest BCUT2D eigenvalue weighted by Crippen LogP contribution is 2.38. The molecule has 0 amide bonds. The highest BCUT2D eigenvalue weighted by atomic mass is 35.5. The number of benzene rings is 3. The third kappa shape index (κ3) is 7.65. The summed E-state index contributed by atoms with van der Waals surface area (Å²) in [4.78, 5) is 11.5. The molecule has 3 heterocycles. The molecule has 0 unspecified atom stereocenters. The first kappa shape index (κ1) is 29.4. The van der Waals surface area contributed by atoms with Crippen molar-refractivity contribution < 1.29 is 18.6 Å². The molecule has 2 saturated heterocycles. The normalized spacial score (nSPS) is 16.7. The summed E-state index contributed by atoms with van der Waals surface area (Å²) < 4.78 is 32.3. The van der Waals surface area contributed by atoms with Crippen LogP contribution in [0.15, 0.2) is 60.9 Å². The number of hydrogen-bond donors (Lipinski definition) is 2. The second-order valence-corrected chi connectivity index (χ2v) is 11.8. The molecule has 0 radical (unpaired) electrons. The van der Waals surface area contributed by atoms with Crippen LogP contribution < -0.4 is 24.8 Å².